The number of hydrogen-bond donors (Lipinski definition) is 3. The van der Waals surface area contributed by atoms with E-state index in [9.17, 15) is 19.2 Å². The second-order valence-corrected chi connectivity index (χ2v) is 9.77. The summed E-state index contributed by atoms with van der Waals surface area (Å²) in [6, 6.07) is 6.78. The summed E-state index contributed by atoms with van der Waals surface area (Å²) in [5, 5.41) is 5.93. The lowest BCUT2D eigenvalue weighted by molar-refractivity contribution is -0.146. The zero-order valence-electron chi connectivity index (χ0n) is 20.1. The van der Waals surface area contributed by atoms with Gasteiger partial charge in [0.05, 0.1) is 0 Å². The summed E-state index contributed by atoms with van der Waals surface area (Å²) in [7, 11) is 0. The smallest absolute Gasteiger partial charge is 0.405 e. The third-order valence-electron chi connectivity index (χ3n) is 7.15. The van der Waals surface area contributed by atoms with Gasteiger partial charge < -0.3 is 26.0 Å². The SMILES string of the molecule is Cc1ccc(NC(=O)C23CC2C=CCCCCCC(OC(N)=O)C(=O)N2CCCC2C(=O)N3)cc1. The molecule has 9 nitrogen and oxygen atoms in total. The van der Waals surface area contributed by atoms with Gasteiger partial charge in [-0.3, -0.25) is 14.4 Å². The van der Waals surface area contributed by atoms with Crippen molar-refractivity contribution in [2.45, 2.75) is 76.0 Å². The van der Waals surface area contributed by atoms with Gasteiger partial charge in [-0.2, -0.15) is 0 Å². The maximum Gasteiger partial charge on any atom is 0.405 e. The van der Waals surface area contributed by atoms with E-state index in [1.165, 1.54) is 4.90 Å². The summed E-state index contributed by atoms with van der Waals surface area (Å²) in [5.41, 5.74) is 5.91. The van der Waals surface area contributed by atoms with Crippen LogP contribution in [0, 0.1) is 12.8 Å². The van der Waals surface area contributed by atoms with Crippen molar-refractivity contribution in [1.82, 2.24) is 10.2 Å². The van der Waals surface area contributed by atoms with Crippen LogP contribution in [0.5, 0.6) is 0 Å². The van der Waals surface area contributed by atoms with Crippen molar-refractivity contribution in [2.75, 3.05) is 11.9 Å². The first-order valence-electron chi connectivity index (χ1n) is 12.4. The van der Waals surface area contributed by atoms with Crippen LogP contribution in [0.2, 0.25) is 0 Å². The Morgan fingerprint density at radius 3 is 2.63 bits per heavy atom. The molecule has 2 fully saturated rings. The predicted molar refractivity (Wildman–Crippen MR) is 130 cm³/mol. The number of nitrogens with zero attached hydrogens (tertiary/aromatic N) is 1. The van der Waals surface area contributed by atoms with Crippen LogP contribution in [-0.4, -0.2) is 52.9 Å². The van der Waals surface area contributed by atoms with Crippen LogP contribution in [0.25, 0.3) is 0 Å². The van der Waals surface area contributed by atoms with Gasteiger partial charge in [0, 0.05) is 18.2 Å². The van der Waals surface area contributed by atoms with E-state index in [-0.39, 0.29) is 17.7 Å². The fraction of sp³-hybridized carbons (Fsp3) is 0.538. The Hall–Kier alpha value is -3.36. The first kappa shape index (κ1) is 24.8. The quantitative estimate of drug-likeness (QED) is 0.570. The average molecular weight is 483 g/mol. The Labute approximate surface area is 205 Å². The molecule has 0 aromatic heterocycles. The normalized spacial score (nSPS) is 29.2. The Morgan fingerprint density at radius 2 is 1.89 bits per heavy atom. The van der Waals surface area contributed by atoms with Crippen LogP contribution in [0.15, 0.2) is 36.4 Å². The van der Waals surface area contributed by atoms with Crippen molar-refractivity contribution in [2.24, 2.45) is 11.7 Å². The fourth-order valence-corrected chi connectivity index (χ4v) is 5.05. The van der Waals surface area contributed by atoms with Crippen molar-refractivity contribution in [3.63, 3.8) is 0 Å². The molecule has 3 aliphatic rings. The molecular weight excluding hydrogens is 448 g/mol. The van der Waals surface area contributed by atoms with Gasteiger partial charge in [0.15, 0.2) is 6.10 Å². The minimum atomic E-state index is -1.06. The zero-order valence-corrected chi connectivity index (χ0v) is 20.1. The highest BCUT2D eigenvalue weighted by Crippen LogP contribution is 2.46. The Kier molecular flexibility index (Phi) is 7.42. The lowest BCUT2D eigenvalue weighted by atomic mass is 10.1. The molecule has 1 saturated heterocycles. The number of primary amides is 1. The van der Waals surface area contributed by atoms with Gasteiger partial charge >= 0.3 is 6.09 Å². The summed E-state index contributed by atoms with van der Waals surface area (Å²) < 4.78 is 5.13. The van der Waals surface area contributed by atoms with E-state index in [1.807, 2.05) is 37.3 Å². The fourth-order valence-electron chi connectivity index (χ4n) is 5.05. The minimum Gasteiger partial charge on any atom is -0.436 e. The van der Waals surface area contributed by atoms with Gasteiger partial charge in [-0.25, -0.2) is 4.79 Å². The largest absolute Gasteiger partial charge is 0.436 e. The molecule has 1 aliphatic carbocycles. The molecule has 2 heterocycles. The van der Waals surface area contributed by atoms with Gasteiger partial charge in [0.1, 0.15) is 11.6 Å². The van der Waals surface area contributed by atoms with Crippen molar-refractivity contribution in [3.05, 3.63) is 42.0 Å². The van der Waals surface area contributed by atoms with Gasteiger partial charge in [-0.15, -0.1) is 0 Å². The number of aryl methyl sites for hydroxylation is 1. The maximum absolute atomic E-state index is 13.4. The van der Waals surface area contributed by atoms with Crippen LogP contribution in [0.3, 0.4) is 0 Å². The molecule has 0 bridgehead atoms. The molecule has 2 aliphatic heterocycles. The highest BCUT2D eigenvalue weighted by atomic mass is 16.6. The third kappa shape index (κ3) is 5.66. The van der Waals surface area contributed by atoms with Crippen molar-refractivity contribution in [3.8, 4) is 0 Å². The number of nitrogens with two attached hydrogens (primary N) is 1. The summed E-state index contributed by atoms with van der Waals surface area (Å²) in [6.45, 7) is 2.36. The van der Waals surface area contributed by atoms with E-state index in [4.69, 9.17) is 10.5 Å². The molecule has 9 heteroatoms. The number of ether oxygens (including phenoxy) is 1. The monoisotopic (exact) mass is 482 g/mol. The van der Waals surface area contributed by atoms with Crippen molar-refractivity contribution in [1.29, 1.82) is 0 Å². The molecule has 4 atom stereocenters. The average Bonchev–Trinajstić information content (AvgIpc) is 3.28. The van der Waals surface area contributed by atoms with Crippen LogP contribution in [0.1, 0.15) is 56.9 Å². The van der Waals surface area contributed by atoms with E-state index in [0.717, 1.165) is 24.8 Å². The van der Waals surface area contributed by atoms with E-state index in [2.05, 4.69) is 16.7 Å². The standard InChI is InChI=1S/C26H34N4O5/c1-17-11-13-19(14-12-17)28-24(33)26-16-18(26)8-5-3-2-4-6-10-21(35-25(27)34)23(32)30-15-7-9-20(30)22(31)29-26/h5,8,11-14,18,20-21H,2-4,6-7,9-10,15-16H2,1H3,(H2,27,34)(H,28,33)(H,29,31). The number of fused-ring (bicyclic) bond motifs is 2. The van der Waals surface area contributed by atoms with Gasteiger partial charge in [0.25, 0.3) is 11.8 Å². The number of hydrogen-bond acceptors (Lipinski definition) is 5. The van der Waals surface area contributed by atoms with E-state index < -0.39 is 29.7 Å². The Morgan fingerprint density at radius 1 is 1.11 bits per heavy atom. The van der Waals surface area contributed by atoms with Crippen LogP contribution >= 0.6 is 0 Å². The summed E-state index contributed by atoms with van der Waals surface area (Å²) >= 11 is 0. The van der Waals surface area contributed by atoms with Gasteiger partial charge in [-0.1, -0.05) is 36.3 Å². The number of carbonyl (C=O) groups excluding carboxylic acids is 4. The first-order valence-corrected chi connectivity index (χ1v) is 12.4. The zero-order chi connectivity index (χ0) is 25.0. The molecule has 188 valence electrons. The van der Waals surface area contributed by atoms with E-state index >= 15 is 0 Å². The molecule has 35 heavy (non-hydrogen) atoms. The second-order valence-electron chi connectivity index (χ2n) is 9.77. The number of anilines is 1. The lowest BCUT2D eigenvalue weighted by Crippen LogP contribution is -2.55. The summed E-state index contributed by atoms with van der Waals surface area (Å²) in [4.78, 5) is 52.9. The highest BCUT2D eigenvalue weighted by Gasteiger charge is 2.60. The Balaban J connectivity index is 1.56. The molecule has 1 saturated carbocycles. The predicted octanol–water partition coefficient (Wildman–Crippen LogP) is 2.78. The topological polar surface area (TPSA) is 131 Å². The molecule has 4 rings (SSSR count). The highest BCUT2D eigenvalue weighted by molar-refractivity contribution is 6.04. The molecule has 4 N–H and O–H groups in total. The third-order valence-corrected chi connectivity index (χ3v) is 7.15. The molecule has 4 unspecified atom stereocenters. The molecular formula is C26H34N4O5. The molecule has 0 radical (unpaired) electrons. The van der Waals surface area contributed by atoms with Gasteiger partial charge in [0.2, 0.25) is 5.91 Å². The minimum absolute atomic E-state index is 0.112. The van der Waals surface area contributed by atoms with Crippen LogP contribution in [0.4, 0.5) is 10.5 Å². The molecule has 1 aromatic carbocycles. The van der Waals surface area contributed by atoms with Crippen molar-refractivity contribution >= 4 is 29.5 Å². The summed E-state index contributed by atoms with van der Waals surface area (Å²) in [5.74, 6) is -1.14. The number of rotatable bonds is 3. The number of carbonyl (C=O) groups is 4. The number of amides is 4. The van der Waals surface area contributed by atoms with Crippen LogP contribution in [-0.2, 0) is 19.1 Å². The molecule has 4 amide bonds. The van der Waals surface area contributed by atoms with E-state index in [1.54, 1.807) is 0 Å². The van der Waals surface area contributed by atoms with Crippen molar-refractivity contribution < 1.29 is 23.9 Å². The number of nitrogens with one attached hydrogen (secondary N) is 2. The maximum atomic E-state index is 13.4. The first-order chi connectivity index (χ1) is 16.8. The Bertz CT molecular complexity index is 1010. The van der Waals surface area contributed by atoms with Crippen LogP contribution < -0.4 is 16.4 Å². The molecule has 0 spiro atoms. The summed E-state index contributed by atoms with van der Waals surface area (Å²) in [6.07, 6.45) is 7.36. The lowest BCUT2D eigenvalue weighted by Gasteiger charge is -2.29. The second kappa shape index (κ2) is 10.5. The molecule has 1 aromatic rings. The number of benzene rings is 1. The van der Waals surface area contributed by atoms with Gasteiger partial charge in [-0.05, 0) is 64.0 Å². The van der Waals surface area contributed by atoms with E-state index in [0.29, 0.717) is 44.3 Å². The number of allylic oxidation sites excluding steroid dienone is 1.